The number of ether oxygens (including phenoxy) is 1. The van der Waals surface area contributed by atoms with Crippen LogP contribution in [0.4, 0.5) is 5.69 Å². The first-order valence-corrected chi connectivity index (χ1v) is 6.84. The number of hydrogen-bond donors (Lipinski definition) is 1. The van der Waals surface area contributed by atoms with Crippen LogP contribution in [0.5, 0.6) is 0 Å². The van der Waals surface area contributed by atoms with Gasteiger partial charge in [-0.05, 0) is 23.8 Å². The largest absolute Gasteiger partial charge is 0.465 e. The van der Waals surface area contributed by atoms with Crippen molar-refractivity contribution in [2.75, 3.05) is 12.8 Å². The van der Waals surface area contributed by atoms with Crippen LogP contribution in [0.15, 0.2) is 53.4 Å². The zero-order valence-electron chi connectivity index (χ0n) is 10.6. The lowest BCUT2D eigenvalue weighted by atomic mass is 10.2. The SMILES string of the molecule is COC(=O)c1cc(SCc2ccccc2)ccc1N. The fourth-order valence-electron chi connectivity index (χ4n) is 1.65. The Morgan fingerprint density at radius 1 is 1.21 bits per heavy atom. The molecule has 0 radical (unpaired) electrons. The van der Waals surface area contributed by atoms with Gasteiger partial charge in [-0.1, -0.05) is 30.3 Å². The molecule has 0 spiro atoms. The lowest BCUT2D eigenvalue weighted by Gasteiger charge is -2.07. The Balaban J connectivity index is 2.11. The third-order valence-electron chi connectivity index (χ3n) is 2.68. The smallest absolute Gasteiger partial charge is 0.339 e. The van der Waals surface area contributed by atoms with Crippen molar-refractivity contribution >= 4 is 23.4 Å². The van der Waals surface area contributed by atoms with E-state index >= 15 is 0 Å². The summed E-state index contributed by atoms with van der Waals surface area (Å²) >= 11 is 1.66. The second-order valence-electron chi connectivity index (χ2n) is 4.01. The second kappa shape index (κ2) is 6.29. The number of nitrogen functional groups attached to an aromatic ring is 1. The highest BCUT2D eigenvalue weighted by molar-refractivity contribution is 7.98. The summed E-state index contributed by atoms with van der Waals surface area (Å²) in [4.78, 5) is 12.5. The van der Waals surface area contributed by atoms with Crippen molar-refractivity contribution in [2.24, 2.45) is 0 Å². The predicted molar refractivity (Wildman–Crippen MR) is 78.2 cm³/mol. The molecule has 0 aliphatic carbocycles. The molecule has 0 unspecified atom stereocenters. The van der Waals surface area contributed by atoms with E-state index in [0.29, 0.717) is 11.3 Å². The van der Waals surface area contributed by atoms with Crippen LogP contribution in [0.25, 0.3) is 0 Å². The van der Waals surface area contributed by atoms with Crippen molar-refractivity contribution in [1.29, 1.82) is 0 Å². The number of hydrogen-bond acceptors (Lipinski definition) is 4. The summed E-state index contributed by atoms with van der Waals surface area (Å²) in [5.41, 5.74) is 7.86. The Labute approximate surface area is 116 Å². The number of methoxy groups -OCH3 is 1. The number of benzene rings is 2. The highest BCUT2D eigenvalue weighted by Crippen LogP contribution is 2.26. The van der Waals surface area contributed by atoms with E-state index in [1.54, 1.807) is 23.9 Å². The maximum Gasteiger partial charge on any atom is 0.339 e. The van der Waals surface area contributed by atoms with Crippen LogP contribution in [-0.4, -0.2) is 13.1 Å². The van der Waals surface area contributed by atoms with E-state index < -0.39 is 5.97 Å². The van der Waals surface area contributed by atoms with Crippen LogP contribution in [-0.2, 0) is 10.5 Å². The van der Waals surface area contributed by atoms with Crippen LogP contribution in [0.3, 0.4) is 0 Å². The highest BCUT2D eigenvalue weighted by atomic mass is 32.2. The van der Waals surface area contributed by atoms with E-state index in [1.165, 1.54) is 12.7 Å². The summed E-state index contributed by atoms with van der Waals surface area (Å²) in [6.45, 7) is 0. The zero-order valence-corrected chi connectivity index (χ0v) is 11.4. The van der Waals surface area contributed by atoms with Crippen molar-refractivity contribution in [1.82, 2.24) is 0 Å². The minimum absolute atomic E-state index is 0.403. The Hall–Kier alpha value is -1.94. The lowest BCUT2D eigenvalue weighted by Crippen LogP contribution is -2.05. The van der Waals surface area contributed by atoms with Crippen molar-refractivity contribution in [3.05, 3.63) is 59.7 Å². The third kappa shape index (κ3) is 3.51. The minimum Gasteiger partial charge on any atom is -0.465 e. The molecule has 2 N–H and O–H groups in total. The fourth-order valence-corrected chi connectivity index (χ4v) is 2.54. The van der Waals surface area contributed by atoms with Gasteiger partial charge < -0.3 is 10.5 Å². The number of carbonyl (C=O) groups is 1. The normalized spacial score (nSPS) is 10.2. The Morgan fingerprint density at radius 3 is 2.63 bits per heavy atom. The van der Waals surface area contributed by atoms with Crippen molar-refractivity contribution in [3.8, 4) is 0 Å². The summed E-state index contributed by atoms with van der Waals surface area (Å²) in [5, 5.41) is 0. The van der Waals surface area contributed by atoms with Gasteiger partial charge in [-0.25, -0.2) is 4.79 Å². The van der Waals surface area contributed by atoms with E-state index in [9.17, 15) is 4.79 Å². The molecule has 0 amide bonds. The van der Waals surface area contributed by atoms with Gasteiger partial charge in [0.1, 0.15) is 0 Å². The molecule has 4 heteroatoms. The molecule has 0 aromatic heterocycles. The van der Waals surface area contributed by atoms with Crippen molar-refractivity contribution in [3.63, 3.8) is 0 Å². The zero-order chi connectivity index (χ0) is 13.7. The van der Waals surface area contributed by atoms with Gasteiger partial charge in [0, 0.05) is 16.3 Å². The molecule has 98 valence electrons. The summed E-state index contributed by atoms with van der Waals surface area (Å²) < 4.78 is 4.71. The van der Waals surface area contributed by atoms with Gasteiger partial charge >= 0.3 is 5.97 Å². The van der Waals surface area contributed by atoms with E-state index in [1.807, 2.05) is 24.3 Å². The molecule has 2 rings (SSSR count). The fraction of sp³-hybridized carbons (Fsp3) is 0.133. The maximum atomic E-state index is 11.5. The standard InChI is InChI=1S/C15H15NO2S/c1-18-15(17)13-9-12(7-8-14(13)16)19-10-11-5-3-2-4-6-11/h2-9H,10,16H2,1H3. The molecule has 0 fully saturated rings. The molecule has 0 saturated heterocycles. The first-order valence-electron chi connectivity index (χ1n) is 5.85. The molecule has 0 bridgehead atoms. The Morgan fingerprint density at radius 2 is 1.95 bits per heavy atom. The Kier molecular flexibility index (Phi) is 4.47. The van der Waals surface area contributed by atoms with Crippen LogP contribution >= 0.6 is 11.8 Å². The first kappa shape index (κ1) is 13.5. The van der Waals surface area contributed by atoms with Crippen LogP contribution < -0.4 is 5.73 Å². The molecule has 0 aliphatic heterocycles. The monoisotopic (exact) mass is 273 g/mol. The van der Waals surface area contributed by atoms with Gasteiger partial charge in [-0.2, -0.15) is 0 Å². The molecule has 3 nitrogen and oxygen atoms in total. The predicted octanol–water partition coefficient (Wildman–Crippen LogP) is 3.35. The molecule has 0 heterocycles. The van der Waals surface area contributed by atoms with Crippen molar-refractivity contribution < 1.29 is 9.53 Å². The summed E-state index contributed by atoms with van der Waals surface area (Å²) in [6.07, 6.45) is 0. The maximum absolute atomic E-state index is 11.5. The molecule has 19 heavy (non-hydrogen) atoms. The second-order valence-corrected chi connectivity index (χ2v) is 5.06. The highest BCUT2D eigenvalue weighted by Gasteiger charge is 2.10. The molecule has 2 aromatic rings. The van der Waals surface area contributed by atoms with Crippen LogP contribution in [0.1, 0.15) is 15.9 Å². The van der Waals surface area contributed by atoms with E-state index in [0.717, 1.165) is 10.6 Å². The number of nitrogens with two attached hydrogens (primary N) is 1. The van der Waals surface area contributed by atoms with Gasteiger partial charge in [-0.3, -0.25) is 0 Å². The quantitative estimate of drug-likeness (QED) is 0.527. The van der Waals surface area contributed by atoms with E-state index in [-0.39, 0.29) is 0 Å². The average molecular weight is 273 g/mol. The van der Waals surface area contributed by atoms with Gasteiger partial charge in [0.15, 0.2) is 0 Å². The number of thioether (sulfide) groups is 1. The minimum atomic E-state index is -0.403. The molecular formula is C15H15NO2S. The van der Waals surface area contributed by atoms with Gasteiger partial charge in [-0.15, -0.1) is 11.8 Å². The van der Waals surface area contributed by atoms with Crippen LogP contribution in [0.2, 0.25) is 0 Å². The summed E-state index contributed by atoms with van der Waals surface area (Å²) in [5.74, 6) is 0.449. The molecular weight excluding hydrogens is 258 g/mol. The van der Waals surface area contributed by atoms with Crippen molar-refractivity contribution in [2.45, 2.75) is 10.6 Å². The molecule has 2 aromatic carbocycles. The summed E-state index contributed by atoms with van der Waals surface area (Å²) in [7, 11) is 1.35. The first-order chi connectivity index (χ1) is 9.20. The summed E-state index contributed by atoms with van der Waals surface area (Å²) in [6, 6.07) is 15.6. The molecule has 0 atom stereocenters. The molecule has 0 saturated carbocycles. The van der Waals surface area contributed by atoms with Gasteiger partial charge in [0.2, 0.25) is 0 Å². The van der Waals surface area contributed by atoms with E-state index in [2.05, 4.69) is 12.1 Å². The lowest BCUT2D eigenvalue weighted by molar-refractivity contribution is 0.0601. The average Bonchev–Trinajstić information content (AvgIpc) is 2.46. The number of carbonyl (C=O) groups excluding carboxylic acids is 1. The van der Waals surface area contributed by atoms with Gasteiger partial charge in [0.25, 0.3) is 0 Å². The number of rotatable bonds is 4. The number of anilines is 1. The molecule has 0 aliphatic rings. The van der Waals surface area contributed by atoms with Crippen LogP contribution in [0, 0.1) is 0 Å². The topological polar surface area (TPSA) is 52.3 Å². The third-order valence-corrected chi connectivity index (χ3v) is 3.74. The van der Waals surface area contributed by atoms with E-state index in [4.69, 9.17) is 10.5 Å². The number of esters is 1. The van der Waals surface area contributed by atoms with Gasteiger partial charge in [0.05, 0.1) is 12.7 Å². The Bertz CT molecular complexity index is 570.